The van der Waals surface area contributed by atoms with Gasteiger partial charge in [-0.1, -0.05) is 6.42 Å². The first-order valence-corrected chi connectivity index (χ1v) is 11.2. The molecule has 1 aliphatic heterocycles. The number of H-pyrrole nitrogens is 1. The smallest absolute Gasteiger partial charge is 0.274 e. The molecule has 2 aromatic carbocycles. The van der Waals surface area contributed by atoms with E-state index in [1.54, 1.807) is 23.2 Å². The highest BCUT2D eigenvalue weighted by atomic mass is 19.1. The molecule has 2 aliphatic rings. The monoisotopic (exact) mass is 446 g/mol. The summed E-state index contributed by atoms with van der Waals surface area (Å²) >= 11 is 0. The molecule has 0 saturated heterocycles. The van der Waals surface area contributed by atoms with Gasteiger partial charge in [0.25, 0.3) is 11.5 Å². The Labute approximate surface area is 188 Å². The minimum absolute atomic E-state index is 0.124. The number of aromatic amines is 1. The number of anilines is 1. The molecule has 0 radical (unpaired) electrons. The largest absolute Gasteiger partial charge is 0.392 e. The number of aromatic nitrogens is 3. The molecule has 1 aliphatic carbocycles. The molecule has 168 valence electrons. The van der Waals surface area contributed by atoms with Gasteiger partial charge >= 0.3 is 0 Å². The van der Waals surface area contributed by atoms with Gasteiger partial charge in [0.2, 0.25) is 0 Å². The Morgan fingerprint density at radius 3 is 2.85 bits per heavy atom. The Morgan fingerprint density at radius 2 is 2.06 bits per heavy atom. The molecule has 0 unspecified atom stereocenters. The highest BCUT2D eigenvalue weighted by Gasteiger charge is 2.31. The van der Waals surface area contributed by atoms with Gasteiger partial charge in [-0.25, -0.2) is 9.37 Å². The molecule has 0 bridgehead atoms. The maximum absolute atomic E-state index is 13.6. The fourth-order valence-electron chi connectivity index (χ4n) is 5.40. The van der Waals surface area contributed by atoms with E-state index in [0.717, 1.165) is 41.6 Å². The van der Waals surface area contributed by atoms with Gasteiger partial charge in [-0.3, -0.25) is 14.0 Å². The van der Waals surface area contributed by atoms with Crippen LogP contribution in [0.1, 0.15) is 52.5 Å². The third kappa shape index (κ3) is 3.01. The second-order valence-corrected chi connectivity index (χ2v) is 9.06. The van der Waals surface area contributed by atoms with Crippen molar-refractivity contribution in [1.29, 1.82) is 0 Å². The molecule has 1 saturated carbocycles. The first-order chi connectivity index (χ1) is 15.9. The maximum Gasteiger partial charge on any atom is 0.274 e. The SMILES string of the molecule is Cc1cc2c(cc1C(=O)N1CCc3cc(F)ccc31)[nH]c(=O)c1cnc([C@@H]3CCC[C@H]3O)n12. The number of rotatable bonds is 2. The third-order valence-electron chi connectivity index (χ3n) is 7.08. The number of hydrogen-bond donors (Lipinski definition) is 2. The van der Waals surface area contributed by atoms with Gasteiger partial charge < -0.3 is 15.0 Å². The van der Waals surface area contributed by atoms with E-state index in [1.807, 2.05) is 17.4 Å². The Bertz CT molecular complexity index is 1510. The lowest BCUT2D eigenvalue weighted by molar-refractivity contribution is 0.0989. The van der Waals surface area contributed by atoms with Gasteiger partial charge in [-0.2, -0.15) is 0 Å². The lowest BCUT2D eigenvalue weighted by Crippen LogP contribution is -2.29. The number of imidazole rings is 1. The number of hydrogen-bond acceptors (Lipinski definition) is 4. The average Bonchev–Trinajstić information content (AvgIpc) is 3.51. The van der Waals surface area contributed by atoms with Crippen molar-refractivity contribution >= 4 is 28.1 Å². The Kier molecular flexibility index (Phi) is 4.42. The van der Waals surface area contributed by atoms with E-state index < -0.39 is 6.10 Å². The maximum atomic E-state index is 13.6. The molecular formula is C25H23FN4O3. The van der Waals surface area contributed by atoms with Crippen LogP contribution in [0, 0.1) is 12.7 Å². The molecular weight excluding hydrogens is 423 g/mol. The number of carbonyl (C=O) groups excluding carboxylic acids is 1. The number of aliphatic hydroxyl groups is 1. The number of benzene rings is 2. The second-order valence-electron chi connectivity index (χ2n) is 9.06. The predicted octanol–water partition coefficient (Wildman–Crippen LogP) is 3.45. The Morgan fingerprint density at radius 1 is 1.21 bits per heavy atom. The normalized spacial score (nSPS) is 20.2. The molecule has 2 N–H and O–H groups in total. The van der Waals surface area contributed by atoms with E-state index in [1.165, 1.54) is 12.1 Å². The molecule has 8 heteroatoms. The fraction of sp³-hybridized carbons (Fsp3) is 0.320. The van der Waals surface area contributed by atoms with Crippen molar-refractivity contribution in [2.24, 2.45) is 0 Å². The molecule has 1 fully saturated rings. The van der Waals surface area contributed by atoms with E-state index in [0.29, 0.717) is 35.4 Å². The second kappa shape index (κ2) is 7.25. The molecule has 2 aromatic heterocycles. The number of amides is 1. The van der Waals surface area contributed by atoms with E-state index in [4.69, 9.17) is 0 Å². The molecule has 6 rings (SSSR count). The zero-order chi connectivity index (χ0) is 22.9. The van der Waals surface area contributed by atoms with E-state index in [-0.39, 0.29) is 23.2 Å². The van der Waals surface area contributed by atoms with Crippen molar-refractivity contribution in [1.82, 2.24) is 14.4 Å². The van der Waals surface area contributed by atoms with Crippen LogP contribution < -0.4 is 10.5 Å². The van der Waals surface area contributed by atoms with Gasteiger partial charge in [-0.05, 0) is 67.6 Å². The summed E-state index contributed by atoms with van der Waals surface area (Å²) < 4.78 is 15.4. The number of nitrogens with zero attached hydrogens (tertiary/aromatic N) is 3. The molecule has 2 atom stereocenters. The van der Waals surface area contributed by atoms with Crippen LogP contribution in [0.5, 0.6) is 0 Å². The predicted molar refractivity (Wildman–Crippen MR) is 122 cm³/mol. The molecule has 7 nitrogen and oxygen atoms in total. The number of aliphatic hydroxyl groups excluding tert-OH is 1. The van der Waals surface area contributed by atoms with Crippen LogP contribution in [-0.2, 0) is 6.42 Å². The van der Waals surface area contributed by atoms with Crippen molar-refractivity contribution in [3.63, 3.8) is 0 Å². The van der Waals surface area contributed by atoms with Crippen LogP contribution in [-0.4, -0.2) is 38.0 Å². The number of nitrogens with one attached hydrogen (secondary N) is 1. The first kappa shape index (κ1) is 20.1. The average molecular weight is 446 g/mol. The van der Waals surface area contributed by atoms with Gasteiger partial charge in [0, 0.05) is 23.7 Å². The summed E-state index contributed by atoms with van der Waals surface area (Å²) in [6, 6.07) is 8.08. The minimum atomic E-state index is -0.480. The van der Waals surface area contributed by atoms with Crippen molar-refractivity contribution < 1.29 is 14.3 Å². The van der Waals surface area contributed by atoms with E-state index in [2.05, 4.69) is 9.97 Å². The lowest BCUT2D eigenvalue weighted by atomic mass is 10.0. The van der Waals surface area contributed by atoms with Crippen molar-refractivity contribution in [2.45, 2.75) is 44.6 Å². The first-order valence-electron chi connectivity index (χ1n) is 11.2. The topological polar surface area (TPSA) is 90.7 Å². The summed E-state index contributed by atoms with van der Waals surface area (Å²) in [5, 5.41) is 10.4. The van der Waals surface area contributed by atoms with Crippen molar-refractivity contribution in [2.75, 3.05) is 11.4 Å². The van der Waals surface area contributed by atoms with Crippen LogP contribution in [0.3, 0.4) is 0 Å². The summed E-state index contributed by atoms with van der Waals surface area (Å²) in [4.78, 5) is 35.3. The molecule has 1 amide bonds. The fourth-order valence-corrected chi connectivity index (χ4v) is 5.40. The summed E-state index contributed by atoms with van der Waals surface area (Å²) in [6.07, 6.45) is 4.13. The quantitative estimate of drug-likeness (QED) is 0.494. The van der Waals surface area contributed by atoms with Crippen LogP contribution in [0.4, 0.5) is 10.1 Å². The van der Waals surface area contributed by atoms with Crippen LogP contribution >= 0.6 is 0 Å². The molecule has 4 aromatic rings. The number of fused-ring (bicyclic) bond motifs is 4. The van der Waals surface area contributed by atoms with Gasteiger partial charge in [0.1, 0.15) is 17.2 Å². The summed E-state index contributed by atoms with van der Waals surface area (Å²) in [7, 11) is 0. The minimum Gasteiger partial charge on any atom is -0.392 e. The van der Waals surface area contributed by atoms with Crippen molar-refractivity contribution in [3.8, 4) is 0 Å². The number of halogens is 1. The van der Waals surface area contributed by atoms with Crippen LogP contribution in [0.25, 0.3) is 16.6 Å². The Balaban J connectivity index is 1.49. The van der Waals surface area contributed by atoms with Crippen LogP contribution in [0.15, 0.2) is 41.3 Å². The third-order valence-corrected chi connectivity index (χ3v) is 7.08. The molecule has 0 spiro atoms. The summed E-state index contributed by atoms with van der Waals surface area (Å²) in [5.41, 5.74) is 4.19. The zero-order valence-electron chi connectivity index (χ0n) is 18.1. The summed E-state index contributed by atoms with van der Waals surface area (Å²) in [5.74, 6) is 0.0634. The standard InChI is InChI=1S/C25H23FN4O3/c1-13-9-20-18(11-17(13)25(33)29-8-7-14-10-15(26)5-6-19(14)29)28-24(32)21-12-27-23(30(20)21)16-3-2-4-22(16)31/h5-6,9-12,16,22,31H,2-4,7-8H2,1H3,(H,28,32)/t16-,22-/m1/s1. The molecule has 3 heterocycles. The highest BCUT2D eigenvalue weighted by molar-refractivity contribution is 6.09. The van der Waals surface area contributed by atoms with E-state index >= 15 is 0 Å². The van der Waals surface area contributed by atoms with Gasteiger partial charge in [0.15, 0.2) is 0 Å². The molecule has 33 heavy (non-hydrogen) atoms. The number of aryl methyl sites for hydroxylation is 1. The van der Waals surface area contributed by atoms with Crippen molar-refractivity contribution in [3.05, 3.63) is 75.2 Å². The van der Waals surface area contributed by atoms with E-state index in [9.17, 15) is 19.1 Å². The van der Waals surface area contributed by atoms with Crippen LogP contribution in [0.2, 0.25) is 0 Å². The highest BCUT2D eigenvalue weighted by Crippen LogP contribution is 2.35. The lowest BCUT2D eigenvalue weighted by Gasteiger charge is -2.20. The number of carbonyl (C=O) groups is 1. The zero-order valence-corrected chi connectivity index (χ0v) is 18.1. The van der Waals surface area contributed by atoms with Gasteiger partial charge in [0.05, 0.1) is 23.3 Å². The Hall–Kier alpha value is -3.52. The summed E-state index contributed by atoms with van der Waals surface area (Å²) in [6.45, 7) is 2.35. The van der Waals surface area contributed by atoms with Gasteiger partial charge in [-0.15, -0.1) is 0 Å².